The molecule has 3 N–H and O–H groups in total. The first-order valence-electron chi connectivity index (χ1n) is 5.84. The van der Waals surface area contributed by atoms with Crippen LogP contribution in [-0.4, -0.2) is 43.3 Å². The third-order valence-electron chi connectivity index (χ3n) is 2.44. The zero-order chi connectivity index (χ0) is 12.7. The fraction of sp³-hybridized carbons (Fsp3) is 0.727. The highest BCUT2D eigenvalue weighted by atomic mass is 16.5. The molecule has 17 heavy (non-hydrogen) atoms. The summed E-state index contributed by atoms with van der Waals surface area (Å²) in [6.07, 6.45) is 0. The topological polar surface area (TPSA) is 74.3 Å². The van der Waals surface area contributed by atoms with Crippen LogP contribution < -0.4 is 11.1 Å². The summed E-state index contributed by atoms with van der Waals surface area (Å²) < 4.78 is 12.1. The van der Waals surface area contributed by atoms with Gasteiger partial charge in [-0.3, -0.25) is 0 Å². The van der Waals surface area contributed by atoms with Gasteiger partial charge in [-0.1, -0.05) is 0 Å². The number of rotatable bonds is 8. The van der Waals surface area contributed by atoms with E-state index < -0.39 is 0 Å². The van der Waals surface area contributed by atoms with Crippen molar-refractivity contribution in [1.82, 2.24) is 9.78 Å². The maximum absolute atomic E-state index is 5.93. The molecule has 1 aromatic heterocycles. The van der Waals surface area contributed by atoms with Crippen molar-refractivity contribution in [2.24, 2.45) is 0 Å². The molecule has 1 rings (SSSR count). The summed E-state index contributed by atoms with van der Waals surface area (Å²) in [6.45, 7) is 7.29. The highest BCUT2D eigenvalue weighted by Gasteiger charge is 2.10. The van der Waals surface area contributed by atoms with Crippen molar-refractivity contribution in [3.05, 3.63) is 5.69 Å². The molecule has 0 saturated carbocycles. The van der Waals surface area contributed by atoms with Gasteiger partial charge in [0.2, 0.25) is 0 Å². The number of nitrogens with one attached hydrogen (secondary N) is 1. The second-order valence-electron chi connectivity index (χ2n) is 3.70. The van der Waals surface area contributed by atoms with E-state index in [9.17, 15) is 0 Å². The van der Waals surface area contributed by atoms with E-state index in [1.807, 2.05) is 18.5 Å². The first-order valence-corrected chi connectivity index (χ1v) is 5.84. The molecule has 0 fully saturated rings. The van der Waals surface area contributed by atoms with Crippen LogP contribution in [0.1, 0.15) is 12.6 Å². The van der Waals surface area contributed by atoms with Crippen molar-refractivity contribution >= 4 is 11.5 Å². The van der Waals surface area contributed by atoms with Gasteiger partial charge in [0.25, 0.3) is 0 Å². The molecule has 6 nitrogen and oxygen atoms in total. The molecule has 0 bridgehead atoms. The molecule has 0 aliphatic rings. The van der Waals surface area contributed by atoms with Crippen molar-refractivity contribution in [3.8, 4) is 0 Å². The highest BCUT2D eigenvalue weighted by Crippen LogP contribution is 2.21. The summed E-state index contributed by atoms with van der Waals surface area (Å²) >= 11 is 0. The number of ether oxygens (including phenoxy) is 2. The highest BCUT2D eigenvalue weighted by molar-refractivity contribution is 5.64. The Morgan fingerprint density at radius 2 is 2.12 bits per heavy atom. The second kappa shape index (κ2) is 7.13. The second-order valence-corrected chi connectivity index (χ2v) is 3.70. The molecule has 0 radical (unpaired) electrons. The van der Waals surface area contributed by atoms with Gasteiger partial charge in [0.1, 0.15) is 5.82 Å². The van der Waals surface area contributed by atoms with Crippen molar-refractivity contribution in [2.45, 2.75) is 20.4 Å². The fourth-order valence-corrected chi connectivity index (χ4v) is 1.50. The fourth-order valence-electron chi connectivity index (χ4n) is 1.50. The number of methoxy groups -OCH3 is 1. The number of anilines is 2. The smallest absolute Gasteiger partial charge is 0.148 e. The summed E-state index contributed by atoms with van der Waals surface area (Å²) in [4.78, 5) is 0. The quantitative estimate of drug-likeness (QED) is 0.662. The first kappa shape index (κ1) is 13.8. The number of hydrogen-bond acceptors (Lipinski definition) is 5. The lowest BCUT2D eigenvalue weighted by atomic mass is 10.4. The van der Waals surface area contributed by atoms with Crippen LogP contribution in [0.2, 0.25) is 0 Å². The minimum atomic E-state index is 0.611. The Hall–Kier alpha value is -1.27. The molecule has 6 heteroatoms. The lowest BCUT2D eigenvalue weighted by Gasteiger charge is -2.09. The number of aromatic nitrogens is 2. The predicted molar refractivity (Wildman–Crippen MR) is 68.2 cm³/mol. The molecule has 98 valence electrons. The molecule has 0 unspecified atom stereocenters. The normalized spacial score (nSPS) is 10.8. The van der Waals surface area contributed by atoms with Crippen LogP contribution in [-0.2, 0) is 16.0 Å². The van der Waals surface area contributed by atoms with Gasteiger partial charge < -0.3 is 20.5 Å². The zero-order valence-electron chi connectivity index (χ0n) is 10.8. The van der Waals surface area contributed by atoms with Gasteiger partial charge in [0.15, 0.2) is 0 Å². The van der Waals surface area contributed by atoms with Crippen LogP contribution in [0.15, 0.2) is 0 Å². The monoisotopic (exact) mass is 242 g/mol. The van der Waals surface area contributed by atoms with Gasteiger partial charge in [-0.2, -0.15) is 5.10 Å². The van der Waals surface area contributed by atoms with Gasteiger partial charge in [0.05, 0.1) is 31.2 Å². The molecular weight excluding hydrogens is 220 g/mol. The Morgan fingerprint density at radius 1 is 1.35 bits per heavy atom. The van der Waals surface area contributed by atoms with Crippen molar-refractivity contribution in [3.63, 3.8) is 0 Å². The Kier molecular flexibility index (Phi) is 5.79. The average Bonchev–Trinajstić information content (AvgIpc) is 2.60. The lowest BCUT2D eigenvalue weighted by Crippen LogP contribution is -2.15. The van der Waals surface area contributed by atoms with Crippen LogP contribution in [0.4, 0.5) is 11.5 Å². The van der Waals surface area contributed by atoms with E-state index in [1.54, 1.807) is 7.11 Å². The van der Waals surface area contributed by atoms with Gasteiger partial charge in [-0.15, -0.1) is 0 Å². The predicted octanol–water partition coefficient (Wildman–Crippen LogP) is 0.869. The SMILES string of the molecule is CCn1nc(C)c(N)c1NCCOCCOC. The molecule has 0 atom stereocenters. The molecule has 0 aliphatic heterocycles. The van der Waals surface area contributed by atoms with Crippen molar-refractivity contribution in [1.29, 1.82) is 0 Å². The van der Waals surface area contributed by atoms with Crippen LogP contribution in [0, 0.1) is 6.92 Å². The molecule has 0 aromatic carbocycles. The largest absolute Gasteiger partial charge is 0.394 e. The number of hydrogen-bond donors (Lipinski definition) is 2. The van der Waals surface area contributed by atoms with Gasteiger partial charge in [-0.25, -0.2) is 4.68 Å². The maximum Gasteiger partial charge on any atom is 0.148 e. The van der Waals surface area contributed by atoms with Gasteiger partial charge in [0, 0.05) is 20.2 Å². The van der Waals surface area contributed by atoms with Gasteiger partial charge in [-0.05, 0) is 13.8 Å². The summed E-state index contributed by atoms with van der Waals surface area (Å²) in [7, 11) is 1.66. The number of nitrogen functional groups attached to an aromatic ring is 1. The minimum Gasteiger partial charge on any atom is -0.394 e. The Bertz CT molecular complexity index is 338. The molecule has 1 heterocycles. The molecule has 0 saturated heterocycles. The third-order valence-corrected chi connectivity index (χ3v) is 2.44. The van der Waals surface area contributed by atoms with Crippen LogP contribution in [0.3, 0.4) is 0 Å². The van der Waals surface area contributed by atoms with Crippen LogP contribution >= 0.6 is 0 Å². The molecule has 1 aromatic rings. The summed E-state index contributed by atoms with van der Waals surface area (Å²) in [5, 5.41) is 7.57. The molecule has 0 amide bonds. The van der Waals surface area contributed by atoms with Crippen LogP contribution in [0.5, 0.6) is 0 Å². The number of aryl methyl sites for hydroxylation is 2. The Labute approximate surface area is 102 Å². The van der Waals surface area contributed by atoms with Crippen molar-refractivity contribution in [2.75, 3.05) is 44.5 Å². The van der Waals surface area contributed by atoms with E-state index >= 15 is 0 Å². The van der Waals surface area contributed by atoms with Gasteiger partial charge >= 0.3 is 0 Å². The molecular formula is C11H22N4O2. The summed E-state index contributed by atoms with van der Waals surface area (Å²) in [5.74, 6) is 0.875. The lowest BCUT2D eigenvalue weighted by molar-refractivity contribution is 0.0759. The Morgan fingerprint density at radius 3 is 2.76 bits per heavy atom. The van der Waals surface area contributed by atoms with Crippen LogP contribution in [0.25, 0.3) is 0 Å². The standard InChI is InChI=1S/C11H22N4O2/c1-4-15-11(10(12)9(2)14-15)13-5-6-17-8-7-16-3/h13H,4-8,12H2,1-3H3. The van der Waals surface area contributed by atoms with E-state index in [0.29, 0.717) is 32.1 Å². The van der Waals surface area contributed by atoms with E-state index in [2.05, 4.69) is 10.4 Å². The third kappa shape index (κ3) is 3.90. The first-order chi connectivity index (χ1) is 8.20. The molecule has 0 spiro atoms. The maximum atomic E-state index is 5.93. The average molecular weight is 242 g/mol. The minimum absolute atomic E-state index is 0.611. The van der Waals surface area contributed by atoms with E-state index in [1.165, 1.54) is 0 Å². The van der Waals surface area contributed by atoms with Crippen molar-refractivity contribution < 1.29 is 9.47 Å². The summed E-state index contributed by atoms with van der Waals surface area (Å²) in [6, 6.07) is 0. The molecule has 0 aliphatic carbocycles. The van der Waals surface area contributed by atoms with E-state index in [-0.39, 0.29) is 0 Å². The van der Waals surface area contributed by atoms with E-state index in [4.69, 9.17) is 15.2 Å². The van der Waals surface area contributed by atoms with E-state index in [0.717, 1.165) is 18.1 Å². The summed E-state index contributed by atoms with van der Waals surface area (Å²) in [5.41, 5.74) is 7.50. The Balaban J connectivity index is 2.35. The number of nitrogens with two attached hydrogens (primary N) is 1. The number of nitrogens with zero attached hydrogens (tertiary/aromatic N) is 2. The zero-order valence-corrected chi connectivity index (χ0v) is 10.8.